The summed E-state index contributed by atoms with van der Waals surface area (Å²) >= 11 is 0. The number of rotatable bonds is 2. The lowest BCUT2D eigenvalue weighted by Crippen LogP contribution is -2.27. The molecule has 1 heterocycles. The maximum Gasteiger partial charge on any atom is 0.128 e. The van der Waals surface area contributed by atoms with Gasteiger partial charge in [0.25, 0.3) is 0 Å². The van der Waals surface area contributed by atoms with Crippen molar-refractivity contribution < 1.29 is 4.84 Å². The minimum absolute atomic E-state index is 0.485. The third-order valence-electron chi connectivity index (χ3n) is 2.92. The first-order valence-electron chi connectivity index (χ1n) is 5.09. The van der Waals surface area contributed by atoms with Crippen LogP contribution in [0.4, 0.5) is 0 Å². The zero-order chi connectivity index (χ0) is 10.2. The maximum atomic E-state index is 5.28. The monoisotopic (exact) mass is 195 g/mol. The van der Waals surface area contributed by atoms with Crippen molar-refractivity contribution in [1.82, 2.24) is 10.2 Å². The van der Waals surface area contributed by atoms with Gasteiger partial charge in [0.1, 0.15) is 5.60 Å². The fourth-order valence-corrected chi connectivity index (χ4v) is 2.03. The van der Waals surface area contributed by atoms with Crippen molar-refractivity contribution in [3.05, 3.63) is 17.0 Å². The molecule has 0 aromatic carbocycles. The molecule has 3 N–H and O–H groups in total. The van der Waals surface area contributed by atoms with Gasteiger partial charge in [0.2, 0.25) is 0 Å². The lowest BCUT2D eigenvalue weighted by Gasteiger charge is -2.22. The summed E-state index contributed by atoms with van der Waals surface area (Å²) in [6.07, 6.45) is 4.68. The van der Waals surface area contributed by atoms with Crippen LogP contribution in [0.25, 0.3) is 0 Å². The van der Waals surface area contributed by atoms with Gasteiger partial charge in [-0.15, -0.1) is 0 Å². The molecular formula is C10H17N3O. The fraction of sp³-hybridized carbons (Fsp3) is 0.700. The SMILES string of the molecule is CC(C)(ON)c1n[nH]c2c1CCCC2. The Morgan fingerprint density at radius 3 is 2.79 bits per heavy atom. The lowest BCUT2D eigenvalue weighted by molar-refractivity contribution is -0.0275. The number of hydrogen-bond acceptors (Lipinski definition) is 3. The van der Waals surface area contributed by atoms with Gasteiger partial charge in [0.05, 0.1) is 5.69 Å². The second-order valence-corrected chi connectivity index (χ2v) is 4.36. The standard InChI is InChI=1S/C10H17N3O/c1-10(2,14-11)9-7-5-3-4-6-8(7)12-13-9/h3-6,11H2,1-2H3,(H,12,13). The van der Waals surface area contributed by atoms with Gasteiger partial charge in [0, 0.05) is 5.69 Å². The minimum atomic E-state index is -0.485. The van der Waals surface area contributed by atoms with E-state index in [4.69, 9.17) is 10.7 Å². The highest BCUT2D eigenvalue weighted by Gasteiger charge is 2.29. The molecule has 4 heteroatoms. The van der Waals surface area contributed by atoms with Crippen LogP contribution in [-0.4, -0.2) is 10.2 Å². The van der Waals surface area contributed by atoms with Gasteiger partial charge in [0.15, 0.2) is 0 Å². The summed E-state index contributed by atoms with van der Waals surface area (Å²) in [5, 5.41) is 7.39. The van der Waals surface area contributed by atoms with Crippen LogP contribution in [0.15, 0.2) is 0 Å². The molecular weight excluding hydrogens is 178 g/mol. The van der Waals surface area contributed by atoms with Crippen molar-refractivity contribution in [1.29, 1.82) is 0 Å². The molecule has 4 nitrogen and oxygen atoms in total. The minimum Gasteiger partial charge on any atom is -0.292 e. The first-order chi connectivity index (χ1) is 6.65. The Kier molecular flexibility index (Phi) is 2.33. The molecule has 78 valence electrons. The summed E-state index contributed by atoms with van der Waals surface area (Å²) in [5.41, 5.74) is 3.05. The van der Waals surface area contributed by atoms with Crippen LogP contribution >= 0.6 is 0 Å². The smallest absolute Gasteiger partial charge is 0.128 e. The normalized spacial score (nSPS) is 16.8. The van der Waals surface area contributed by atoms with Crippen LogP contribution in [0.3, 0.4) is 0 Å². The molecule has 2 rings (SSSR count). The number of aromatic nitrogens is 2. The summed E-state index contributed by atoms with van der Waals surface area (Å²) in [7, 11) is 0. The number of fused-ring (bicyclic) bond motifs is 1. The zero-order valence-corrected chi connectivity index (χ0v) is 8.76. The molecule has 0 aliphatic heterocycles. The van der Waals surface area contributed by atoms with E-state index in [-0.39, 0.29) is 0 Å². The molecule has 1 aliphatic rings. The van der Waals surface area contributed by atoms with Gasteiger partial charge in [-0.2, -0.15) is 5.10 Å². The highest BCUT2D eigenvalue weighted by atomic mass is 16.6. The fourth-order valence-electron chi connectivity index (χ4n) is 2.03. The Hall–Kier alpha value is -0.870. The van der Waals surface area contributed by atoms with Gasteiger partial charge < -0.3 is 0 Å². The van der Waals surface area contributed by atoms with E-state index in [1.807, 2.05) is 13.8 Å². The van der Waals surface area contributed by atoms with Crippen molar-refractivity contribution in [2.24, 2.45) is 5.90 Å². The summed E-state index contributed by atoms with van der Waals surface area (Å²) in [4.78, 5) is 4.97. The van der Waals surface area contributed by atoms with E-state index < -0.39 is 5.60 Å². The van der Waals surface area contributed by atoms with Crippen LogP contribution in [-0.2, 0) is 23.3 Å². The first-order valence-corrected chi connectivity index (χ1v) is 5.09. The van der Waals surface area contributed by atoms with Crippen LogP contribution in [0.5, 0.6) is 0 Å². The van der Waals surface area contributed by atoms with Crippen LogP contribution in [0.2, 0.25) is 0 Å². The Morgan fingerprint density at radius 2 is 2.07 bits per heavy atom. The number of hydrogen-bond donors (Lipinski definition) is 2. The lowest BCUT2D eigenvalue weighted by atomic mass is 9.91. The van der Waals surface area contributed by atoms with Gasteiger partial charge in [-0.1, -0.05) is 0 Å². The summed E-state index contributed by atoms with van der Waals surface area (Å²) < 4.78 is 0. The Bertz CT molecular complexity index is 330. The molecule has 0 unspecified atom stereocenters. The Morgan fingerprint density at radius 1 is 1.36 bits per heavy atom. The van der Waals surface area contributed by atoms with E-state index in [1.165, 1.54) is 24.1 Å². The van der Waals surface area contributed by atoms with Crippen LogP contribution in [0.1, 0.15) is 43.6 Å². The summed E-state index contributed by atoms with van der Waals surface area (Å²) in [5.74, 6) is 5.28. The second kappa shape index (κ2) is 3.37. The van der Waals surface area contributed by atoms with Gasteiger partial charge in [-0.3, -0.25) is 9.94 Å². The summed E-state index contributed by atoms with van der Waals surface area (Å²) in [6, 6.07) is 0. The molecule has 0 spiro atoms. The maximum absolute atomic E-state index is 5.28. The van der Waals surface area contributed by atoms with E-state index in [0.717, 1.165) is 18.5 Å². The van der Waals surface area contributed by atoms with E-state index >= 15 is 0 Å². The number of aryl methyl sites for hydroxylation is 1. The zero-order valence-electron chi connectivity index (χ0n) is 8.76. The molecule has 0 bridgehead atoms. The van der Waals surface area contributed by atoms with Gasteiger partial charge in [-0.05, 0) is 45.1 Å². The third-order valence-corrected chi connectivity index (χ3v) is 2.92. The average Bonchev–Trinajstić information content (AvgIpc) is 2.61. The average molecular weight is 195 g/mol. The molecule has 14 heavy (non-hydrogen) atoms. The predicted octanol–water partition coefficient (Wildman–Crippen LogP) is 1.41. The van der Waals surface area contributed by atoms with Gasteiger partial charge >= 0.3 is 0 Å². The molecule has 0 saturated carbocycles. The molecule has 0 fully saturated rings. The topological polar surface area (TPSA) is 63.9 Å². The number of nitrogens with one attached hydrogen (secondary N) is 1. The van der Waals surface area contributed by atoms with Crippen molar-refractivity contribution >= 4 is 0 Å². The molecule has 1 aromatic heterocycles. The largest absolute Gasteiger partial charge is 0.292 e. The first kappa shape index (κ1) is 9.68. The molecule has 0 amide bonds. The second-order valence-electron chi connectivity index (χ2n) is 4.36. The van der Waals surface area contributed by atoms with E-state index in [0.29, 0.717) is 0 Å². The van der Waals surface area contributed by atoms with E-state index in [1.54, 1.807) is 0 Å². The molecule has 0 radical (unpaired) electrons. The molecule has 0 saturated heterocycles. The van der Waals surface area contributed by atoms with E-state index in [9.17, 15) is 0 Å². The quantitative estimate of drug-likeness (QED) is 0.701. The Labute approximate surface area is 83.8 Å². The Balaban J connectivity index is 2.39. The number of nitrogens with zero attached hydrogens (tertiary/aromatic N) is 1. The number of aromatic amines is 1. The third kappa shape index (κ3) is 1.44. The van der Waals surface area contributed by atoms with Crippen molar-refractivity contribution in [3.63, 3.8) is 0 Å². The molecule has 1 aliphatic carbocycles. The molecule has 0 atom stereocenters. The predicted molar refractivity (Wildman–Crippen MR) is 53.5 cm³/mol. The molecule has 1 aromatic rings. The van der Waals surface area contributed by atoms with Crippen molar-refractivity contribution in [2.45, 2.75) is 45.1 Å². The summed E-state index contributed by atoms with van der Waals surface area (Å²) in [6.45, 7) is 3.89. The van der Waals surface area contributed by atoms with Crippen LogP contribution < -0.4 is 5.90 Å². The van der Waals surface area contributed by atoms with E-state index in [2.05, 4.69) is 10.2 Å². The van der Waals surface area contributed by atoms with Crippen molar-refractivity contribution in [2.75, 3.05) is 0 Å². The number of nitrogens with two attached hydrogens (primary N) is 1. The van der Waals surface area contributed by atoms with Crippen LogP contribution in [0, 0.1) is 0 Å². The highest BCUT2D eigenvalue weighted by molar-refractivity contribution is 5.31. The highest BCUT2D eigenvalue weighted by Crippen LogP contribution is 2.30. The van der Waals surface area contributed by atoms with Crippen molar-refractivity contribution in [3.8, 4) is 0 Å². The van der Waals surface area contributed by atoms with Gasteiger partial charge in [-0.25, -0.2) is 5.90 Å². The number of H-pyrrole nitrogens is 1.